The minimum atomic E-state index is -0.111. The van der Waals surface area contributed by atoms with Crippen LogP contribution >= 0.6 is 0 Å². The van der Waals surface area contributed by atoms with E-state index in [0.717, 1.165) is 28.6 Å². The first-order valence-electron chi connectivity index (χ1n) is 8.97. The van der Waals surface area contributed by atoms with Crippen LogP contribution in [0.5, 0.6) is 0 Å². The van der Waals surface area contributed by atoms with E-state index in [2.05, 4.69) is 27.8 Å². The molecule has 1 aromatic carbocycles. The van der Waals surface area contributed by atoms with E-state index in [-0.39, 0.29) is 18.1 Å². The van der Waals surface area contributed by atoms with E-state index in [0.29, 0.717) is 13.2 Å². The summed E-state index contributed by atoms with van der Waals surface area (Å²) in [6.07, 6.45) is 4.31. The number of hydrogen-bond acceptors (Lipinski definition) is 3. The smallest absolute Gasteiger partial charge is 0.242 e. The molecule has 5 nitrogen and oxygen atoms in total. The van der Waals surface area contributed by atoms with E-state index >= 15 is 0 Å². The molecule has 26 heavy (non-hydrogen) atoms. The standard InChI is InChI=1S/C21H23N3O2/c1-15-12-16-6-3-4-8-18(16)24(15)14-20(25)23(2)19-9-11-26-21(19)17-7-5-10-22-13-17/h3-8,10,12-13,19,21H,9,11,14H2,1-2H3/t19-,21+/m0/s1. The highest BCUT2D eigenvalue weighted by Gasteiger charge is 2.35. The molecule has 1 aliphatic rings. The third-order valence-electron chi connectivity index (χ3n) is 5.28. The Kier molecular flexibility index (Phi) is 4.47. The molecule has 0 spiro atoms. The van der Waals surface area contributed by atoms with Gasteiger partial charge in [0.25, 0.3) is 0 Å². The first-order valence-corrected chi connectivity index (χ1v) is 8.97. The number of pyridine rings is 1. The SMILES string of the molecule is Cc1cc2ccccc2n1CC(=O)N(C)[C@H]1CCO[C@@H]1c1cccnc1. The average molecular weight is 349 g/mol. The van der Waals surface area contributed by atoms with E-state index in [1.165, 1.54) is 0 Å². The molecule has 4 rings (SSSR count). The zero-order valence-corrected chi connectivity index (χ0v) is 15.1. The van der Waals surface area contributed by atoms with Gasteiger partial charge < -0.3 is 14.2 Å². The Morgan fingerprint density at radius 3 is 2.96 bits per heavy atom. The monoisotopic (exact) mass is 349 g/mol. The van der Waals surface area contributed by atoms with Crippen molar-refractivity contribution in [2.75, 3.05) is 13.7 Å². The van der Waals surface area contributed by atoms with Gasteiger partial charge >= 0.3 is 0 Å². The fraction of sp³-hybridized carbons (Fsp3) is 0.333. The molecular formula is C21H23N3O2. The summed E-state index contributed by atoms with van der Waals surface area (Å²) in [7, 11) is 1.88. The second-order valence-electron chi connectivity index (χ2n) is 6.87. The Balaban J connectivity index is 1.55. The summed E-state index contributed by atoms with van der Waals surface area (Å²) < 4.78 is 8.00. The Labute approximate surface area is 153 Å². The van der Waals surface area contributed by atoms with Crippen molar-refractivity contribution in [3.63, 3.8) is 0 Å². The van der Waals surface area contributed by atoms with Crippen molar-refractivity contribution >= 4 is 16.8 Å². The van der Waals surface area contributed by atoms with Crippen LogP contribution in [-0.4, -0.2) is 40.1 Å². The van der Waals surface area contributed by atoms with Gasteiger partial charge in [-0.05, 0) is 36.9 Å². The number of benzene rings is 1. The number of aryl methyl sites for hydroxylation is 1. The van der Waals surface area contributed by atoms with Gasteiger partial charge in [-0.3, -0.25) is 9.78 Å². The van der Waals surface area contributed by atoms with Crippen LogP contribution in [0.2, 0.25) is 0 Å². The number of fused-ring (bicyclic) bond motifs is 1. The highest BCUT2D eigenvalue weighted by Crippen LogP contribution is 2.32. The van der Waals surface area contributed by atoms with Crippen molar-refractivity contribution in [3.05, 3.63) is 66.1 Å². The summed E-state index contributed by atoms with van der Waals surface area (Å²) in [4.78, 5) is 19.0. The Morgan fingerprint density at radius 1 is 1.31 bits per heavy atom. The third kappa shape index (κ3) is 2.99. The number of amides is 1. The highest BCUT2D eigenvalue weighted by atomic mass is 16.5. The average Bonchev–Trinajstić information content (AvgIpc) is 3.27. The number of ether oxygens (including phenoxy) is 1. The molecule has 0 bridgehead atoms. The number of carbonyl (C=O) groups excluding carboxylic acids is 1. The minimum Gasteiger partial charge on any atom is -0.371 e. The molecule has 0 unspecified atom stereocenters. The molecule has 5 heteroatoms. The van der Waals surface area contributed by atoms with Crippen LogP contribution in [0.1, 0.15) is 23.8 Å². The Bertz CT molecular complexity index is 919. The molecule has 0 radical (unpaired) electrons. The summed E-state index contributed by atoms with van der Waals surface area (Å²) >= 11 is 0. The lowest BCUT2D eigenvalue weighted by molar-refractivity contribution is -0.133. The van der Waals surface area contributed by atoms with Crippen molar-refractivity contribution in [3.8, 4) is 0 Å². The van der Waals surface area contributed by atoms with E-state index in [4.69, 9.17) is 4.74 Å². The Hall–Kier alpha value is -2.66. The van der Waals surface area contributed by atoms with Crippen LogP contribution in [0.15, 0.2) is 54.9 Å². The van der Waals surface area contributed by atoms with Crippen molar-refractivity contribution in [1.82, 2.24) is 14.5 Å². The first kappa shape index (κ1) is 16.8. The molecular weight excluding hydrogens is 326 g/mol. The molecule has 134 valence electrons. The highest BCUT2D eigenvalue weighted by molar-refractivity contribution is 5.84. The number of nitrogens with zero attached hydrogens (tertiary/aromatic N) is 3. The summed E-state index contributed by atoms with van der Waals surface area (Å²) in [6, 6.07) is 14.3. The maximum Gasteiger partial charge on any atom is 0.242 e. The van der Waals surface area contributed by atoms with Gasteiger partial charge in [-0.2, -0.15) is 0 Å². The van der Waals surface area contributed by atoms with Crippen LogP contribution in [0.3, 0.4) is 0 Å². The lowest BCUT2D eigenvalue weighted by Gasteiger charge is -2.29. The van der Waals surface area contributed by atoms with Crippen molar-refractivity contribution < 1.29 is 9.53 Å². The molecule has 1 aliphatic heterocycles. The lowest BCUT2D eigenvalue weighted by atomic mass is 10.0. The number of likely N-dealkylation sites (N-methyl/N-ethyl adjacent to an activating group) is 1. The van der Waals surface area contributed by atoms with Crippen LogP contribution in [0.4, 0.5) is 0 Å². The van der Waals surface area contributed by atoms with E-state index in [1.807, 2.05) is 49.3 Å². The normalized spacial score (nSPS) is 19.8. The largest absolute Gasteiger partial charge is 0.371 e. The van der Waals surface area contributed by atoms with Crippen LogP contribution < -0.4 is 0 Å². The van der Waals surface area contributed by atoms with Crippen LogP contribution in [0.25, 0.3) is 10.9 Å². The van der Waals surface area contributed by atoms with E-state index in [9.17, 15) is 4.79 Å². The van der Waals surface area contributed by atoms with Crippen molar-refractivity contribution in [1.29, 1.82) is 0 Å². The predicted octanol–water partition coefficient (Wildman–Crippen LogP) is 3.33. The minimum absolute atomic E-state index is 0.0360. The van der Waals surface area contributed by atoms with Gasteiger partial charge in [0.05, 0.1) is 6.04 Å². The molecule has 1 amide bonds. The van der Waals surface area contributed by atoms with E-state index < -0.39 is 0 Å². The van der Waals surface area contributed by atoms with Gasteiger partial charge in [-0.25, -0.2) is 0 Å². The lowest BCUT2D eigenvalue weighted by Crippen LogP contribution is -2.40. The number of hydrogen-bond donors (Lipinski definition) is 0. The molecule has 1 saturated heterocycles. The molecule has 0 aliphatic carbocycles. The molecule has 3 heterocycles. The van der Waals surface area contributed by atoms with Gasteiger partial charge in [0, 0.05) is 42.8 Å². The maximum atomic E-state index is 13.0. The Morgan fingerprint density at radius 2 is 2.15 bits per heavy atom. The number of aromatic nitrogens is 2. The fourth-order valence-electron chi connectivity index (χ4n) is 3.83. The summed E-state index contributed by atoms with van der Waals surface area (Å²) in [6.45, 7) is 3.05. The molecule has 2 atom stereocenters. The third-order valence-corrected chi connectivity index (χ3v) is 5.28. The van der Waals surface area contributed by atoms with Gasteiger partial charge in [0.15, 0.2) is 0 Å². The molecule has 0 N–H and O–H groups in total. The van der Waals surface area contributed by atoms with Crippen LogP contribution in [-0.2, 0) is 16.1 Å². The zero-order valence-electron chi connectivity index (χ0n) is 15.1. The first-order chi connectivity index (χ1) is 12.6. The quantitative estimate of drug-likeness (QED) is 0.726. The van der Waals surface area contributed by atoms with E-state index in [1.54, 1.807) is 6.20 Å². The van der Waals surface area contributed by atoms with Gasteiger partial charge in [0.1, 0.15) is 12.6 Å². The second-order valence-corrected chi connectivity index (χ2v) is 6.87. The molecule has 0 saturated carbocycles. The number of para-hydroxylation sites is 1. The summed E-state index contributed by atoms with van der Waals surface area (Å²) in [5, 5.41) is 1.16. The van der Waals surface area contributed by atoms with Crippen LogP contribution in [0, 0.1) is 6.92 Å². The van der Waals surface area contributed by atoms with Crippen molar-refractivity contribution in [2.45, 2.75) is 32.0 Å². The van der Waals surface area contributed by atoms with Gasteiger partial charge in [-0.1, -0.05) is 24.3 Å². The topological polar surface area (TPSA) is 47.4 Å². The zero-order chi connectivity index (χ0) is 18.1. The second kappa shape index (κ2) is 6.92. The predicted molar refractivity (Wildman–Crippen MR) is 101 cm³/mol. The number of carbonyl (C=O) groups is 1. The maximum absolute atomic E-state index is 13.0. The fourth-order valence-corrected chi connectivity index (χ4v) is 3.83. The molecule has 2 aromatic heterocycles. The molecule has 1 fully saturated rings. The van der Waals surface area contributed by atoms with Gasteiger partial charge in [-0.15, -0.1) is 0 Å². The van der Waals surface area contributed by atoms with Crippen molar-refractivity contribution in [2.24, 2.45) is 0 Å². The summed E-state index contributed by atoms with van der Waals surface area (Å²) in [5.41, 5.74) is 3.22. The van der Waals surface area contributed by atoms with Gasteiger partial charge in [0.2, 0.25) is 5.91 Å². The number of rotatable bonds is 4. The molecule has 3 aromatic rings. The summed E-state index contributed by atoms with van der Waals surface area (Å²) in [5.74, 6) is 0.0962.